The van der Waals surface area contributed by atoms with Crippen LogP contribution in [0.15, 0.2) is 29.4 Å². The minimum Gasteiger partial charge on any atom is -0.484 e. The fraction of sp³-hybridized carbons (Fsp3) is 0.526. The van der Waals surface area contributed by atoms with Gasteiger partial charge in [-0.3, -0.25) is 4.79 Å². The highest BCUT2D eigenvalue weighted by Crippen LogP contribution is 2.13. The third-order valence-electron chi connectivity index (χ3n) is 3.46. The number of esters is 1. The van der Waals surface area contributed by atoms with Crippen LogP contribution in [0.5, 0.6) is 5.75 Å². The number of hydrogen-bond acceptors (Lipinski definition) is 5. The third-order valence-corrected chi connectivity index (χ3v) is 3.46. The molecular weight excluding hydrogens is 320 g/mol. The third kappa shape index (κ3) is 8.33. The highest BCUT2D eigenvalue weighted by atomic mass is 16.5. The minimum absolute atomic E-state index is 0.131. The van der Waals surface area contributed by atoms with Gasteiger partial charge in [0, 0.05) is 5.71 Å². The number of benzene rings is 1. The van der Waals surface area contributed by atoms with Gasteiger partial charge in [-0.05, 0) is 49.9 Å². The zero-order valence-corrected chi connectivity index (χ0v) is 15.3. The van der Waals surface area contributed by atoms with Crippen LogP contribution in [-0.2, 0) is 9.53 Å². The lowest BCUT2D eigenvalue weighted by atomic mass is 10.1. The van der Waals surface area contributed by atoms with Crippen LogP contribution in [0.25, 0.3) is 0 Å². The number of carbonyl (C=O) groups is 2. The lowest BCUT2D eigenvalue weighted by Crippen LogP contribution is -2.25. The Bertz CT molecular complexity index is 567. The summed E-state index contributed by atoms with van der Waals surface area (Å²) in [4.78, 5) is 23.5. The molecule has 0 bridgehead atoms. The van der Waals surface area contributed by atoms with Gasteiger partial charge in [-0.15, -0.1) is 0 Å². The number of hydrazone groups is 1. The molecule has 1 aromatic carbocycles. The fourth-order valence-electron chi connectivity index (χ4n) is 1.98. The molecule has 0 unspecified atom stereocenters. The first-order chi connectivity index (χ1) is 12.1. The van der Waals surface area contributed by atoms with Crippen molar-refractivity contribution in [2.45, 2.75) is 52.9 Å². The number of nitrogens with zero attached hydrogens (tertiary/aromatic N) is 1. The summed E-state index contributed by atoms with van der Waals surface area (Å²) in [5.74, 6) is -0.165. The van der Waals surface area contributed by atoms with Crippen molar-refractivity contribution in [3.8, 4) is 5.75 Å². The average molecular weight is 348 g/mol. The number of amides is 1. The predicted molar refractivity (Wildman–Crippen MR) is 97.9 cm³/mol. The van der Waals surface area contributed by atoms with Crippen LogP contribution in [0.2, 0.25) is 0 Å². The monoisotopic (exact) mass is 348 g/mol. The summed E-state index contributed by atoms with van der Waals surface area (Å²) >= 11 is 0. The number of hydrogen-bond donors (Lipinski definition) is 1. The van der Waals surface area contributed by atoms with Crippen molar-refractivity contribution in [1.29, 1.82) is 0 Å². The maximum absolute atomic E-state index is 11.8. The lowest BCUT2D eigenvalue weighted by Gasteiger charge is -2.07. The molecule has 0 heterocycles. The summed E-state index contributed by atoms with van der Waals surface area (Å²) in [5, 5.41) is 4.13. The molecule has 0 aromatic heterocycles. The molecule has 0 fully saturated rings. The number of unbranched alkanes of at least 4 members (excludes halogenated alkanes) is 1. The Morgan fingerprint density at radius 2 is 1.80 bits per heavy atom. The molecule has 6 nitrogen and oxygen atoms in total. The first kappa shape index (κ1) is 20.7. The van der Waals surface area contributed by atoms with Crippen LogP contribution in [0.4, 0.5) is 0 Å². The van der Waals surface area contributed by atoms with Gasteiger partial charge in [0.1, 0.15) is 5.75 Å². The highest BCUT2D eigenvalue weighted by molar-refractivity contribution is 5.89. The Morgan fingerprint density at radius 1 is 1.08 bits per heavy atom. The van der Waals surface area contributed by atoms with Crippen molar-refractivity contribution in [3.05, 3.63) is 29.8 Å². The molecule has 0 aliphatic carbocycles. The largest absolute Gasteiger partial charge is 0.484 e. The number of nitrogens with one attached hydrogen (secondary N) is 1. The Hall–Kier alpha value is -2.37. The Labute approximate surface area is 149 Å². The van der Waals surface area contributed by atoms with Crippen molar-refractivity contribution in [2.24, 2.45) is 5.10 Å². The fourth-order valence-corrected chi connectivity index (χ4v) is 1.98. The van der Waals surface area contributed by atoms with E-state index in [2.05, 4.69) is 17.5 Å². The zero-order chi connectivity index (χ0) is 18.5. The van der Waals surface area contributed by atoms with E-state index in [9.17, 15) is 9.59 Å². The Balaban J connectivity index is 2.43. The zero-order valence-electron chi connectivity index (χ0n) is 15.3. The van der Waals surface area contributed by atoms with Crippen LogP contribution < -0.4 is 10.2 Å². The van der Waals surface area contributed by atoms with E-state index in [1.807, 2.05) is 13.8 Å². The second-order valence-electron chi connectivity index (χ2n) is 5.62. The predicted octanol–water partition coefficient (Wildman–Crippen LogP) is 3.70. The highest BCUT2D eigenvalue weighted by Gasteiger charge is 2.07. The average Bonchev–Trinajstić information content (AvgIpc) is 2.65. The molecule has 0 aliphatic rings. The summed E-state index contributed by atoms with van der Waals surface area (Å²) in [6.07, 6.45) is 4.65. The first-order valence-corrected chi connectivity index (χ1v) is 8.84. The molecule has 1 N–H and O–H groups in total. The molecule has 0 radical (unpaired) electrons. The van der Waals surface area contributed by atoms with Crippen molar-refractivity contribution in [2.75, 3.05) is 13.2 Å². The maximum atomic E-state index is 11.8. The van der Waals surface area contributed by atoms with Gasteiger partial charge >= 0.3 is 5.97 Å². The molecule has 0 saturated carbocycles. The van der Waals surface area contributed by atoms with Crippen LogP contribution in [0.1, 0.15) is 63.2 Å². The number of carbonyl (C=O) groups excluding carboxylic acids is 2. The summed E-state index contributed by atoms with van der Waals surface area (Å²) in [7, 11) is 0. The molecule has 1 aromatic rings. The number of rotatable bonds is 11. The summed E-state index contributed by atoms with van der Waals surface area (Å²) in [5.41, 5.74) is 3.95. The maximum Gasteiger partial charge on any atom is 0.338 e. The van der Waals surface area contributed by atoms with Crippen LogP contribution in [-0.4, -0.2) is 30.8 Å². The molecule has 6 heteroatoms. The van der Waals surface area contributed by atoms with Crippen molar-refractivity contribution >= 4 is 17.6 Å². The van der Waals surface area contributed by atoms with E-state index in [0.717, 1.165) is 37.8 Å². The van der Waals surface area contributed by atoms with E-state index in [4.69, 9.17) is 9.47 Å². The minimum atomic E-state index is -0.361. The van der Waals surface area contributed by atoms with Crippen LogP contribution in [0, 0.1) is 0 Å². The molecule has 1 amide bonds. The molecular formula is C19H28N2O4. The second-order valence-corrected chi connectivity index (χ2v) is 5.62. The molecule has 0 atom stereocenters. The Morgan fingerprint density at radius 3 is 2.40 bits per heavy atom. The molecule has 1 rings (SSSR count). The van der Waals surface area contributed by atoms with E-state index in [1.165, 1.54) is 0 Å². The van der Waals surface area contributed by atoms with Gasteiger partial charge in [0.15, 0.2) is 6.61 Å². The summed E-state index contributed by atoms with van der Waals surface area (Å²) in [6.45, 7) is 6.34. The standard InChI is InChI=1S/C19H28N2O4/c1-4-7-8-16(6-3)20-21-18(22)14-25-17-11-9-15(10-12-17)19(23)24-13-5-2/h9-12H,4-8,13-14H2,1-3H3,(H,21,22)/b20-16+. The van der Waals surface area contributed by atoms with Gasteiger partial charge in [-0.2, -0.15) is 5.10 Å². The summed E-state index contributed by atoms with van der Waals surface area (Å²) in [6, 6.07) is 6.50. The quantitative estimate of drug-likeness (QED) is 0.376. The molecule has 0 saturated heterocycles. The van der Waals surface area contributed by atoms with Gasteiger partial charge in [0.05, 0.1) is 12.2 Å². The van der Waals surface area contributed by atoms with Gasteiger partial charge in [0.25, 0.3) is 5.91 Å². The molecule has 25 heavy (non-hydrogen) atoms. The van der Waals surface area contributed by atoms with Gasteiger partial charge in [-0.1, -0.05) is 27.2 Å². The topological polar surface area (TPSA) is 77.0 Å². The van der Waals surface area contributed by atoms with E-state index in [1.54, 1.807) is 24.3 Å². The molecule has 0 aliphatic heterocycles. The SMILES string of the molecule is CCCC/C(CC)=N/NC(=O)COc1ccc(C(=O)OCCC)cc1. The van der Waals surface area contributed by atoms with Crippen LogP contribution >= 0.6 is 0 Å². The van der Waals surface area contributed by atoms with Crippen molar-refractivity contribution < 1.29 is 19.1 Å². The molecule has 138 valence electrons. The van der Waals surface area contributed by atoms with E-state index in [0.29, 0.717) is 17.9 Å². The lowest BCUT2D eigenvalue weighted by molar-refractivity contribution is -0.123. The first-order valence-electron chi connectivity index (χ1n) is 8.84. The van der Waals surface area contributed by atoms with Crippen molar-refractivity contribution in [1.82, 2.24) is 5.43 Å². The van der Waals surface area contributed by atoms with Crippen molar-refractivity contribution in [3.63, 3.8) is 0 Å². The Kier molecular flexibility index (Phi) is 9.97. The number of ether oxygens (including phenoxy) is 2. The second kappa shape index (κ2) is 12.1. The normalized spacial score (nSPS) is 11.1. The van der Waals surface area contributed by atoms with Crippen LogP contribution in [0.3, 0.4) is 0 Å². The van der Waals surface area contributed by atoms with Gasteiger partial charge in [0.2, 0.25) is 0 Å². The summed E-state index contributed by atoms with van der Waals surface area (Å²) < 4.78 is 10.4. The van der Waals surface area contributed by atoms with E-state index >= 15 is 0 Å². The van der Waals surface area contributed by atoms with Gasteiger partial charge < -0.3 is 9.47 Å². The smallest absolute Gasteiger partial charge is 0.338 e. The molecule has 0 spiro atoms. The van der Waals surface area contributed by atoms with Gasteiger partial charge in [-0.25, -0.2) is 10.2 Å². The van der Waals surface area contributed by atoms with E-state index in [-0.39, 0.29) is 18.5 Å². The van der Waals surface area contributed by atoms with E-state index < -0.39 is 0 Å².